The van der Waals surface area contributed by atoms with Gasteiger partial charge in [-0.1, -0.05) is 22.7 Å². The molecular formula is C19H17N3O2S. The third-order valence-corrected chi connectivity index (χ3v) is 5.19. The molecule has 0 fully saturated rings. The van der Waals surface area contributed by atoms with Gasteiger partial charge in [0, 0.05) is 17.3 Å². The van der Waals surface area contributed by atoms with Gasteiger partial charge in [0.2, 0.25) is 0 Å². The van der Waals surface area contributed by atoms with Crippen LogP contribution in [0.4, 0.5) is 5.69 Å². The van der Waals surface area contributed by atoms with Gasteiger partial charge in [-0.25, -0.2) is 0 Å². The summed E-state index contributed by atoms with van der Waals surface area (Å²) in [6, 6.07) is 15.7. The predicted octanol–water partition coefficient (Wildman–Crippen LogP) is 3.81. The van der Waals surface area contributed by atoms with Crippen LogP contribution in [0.3, 0.4) is 0 Å². The maximum Gasteiger partial charge on any atom is 0.272 e. The Morgan fingerprint density at radius 3 is 2.72 bits per heavy atom. The van der Waals surface area contributed by atoms with Crippen LogP contribution in [0.15, 0.2) is 48.5 Å². The van der Waals surface area contributed by atoms with Crippen molar-refractivity contribution in [3.8, 4) is 17.0 Å². The van der Waals surface area contributed by atoms with Crippen LogP contribution in [0.2, 0.25) is 0 Å². The zero-order valence-corrected chi connectivity index (χ0v) is 14.8. The Kier molecular flexibility index (Phi) is 3.97. The minimum absolute atomic E-state index is 0.0433. The van der Waals surface area contributed by atoms with Gasteiger partial charge in [0.1, 0.15) is 16.3 Å². The Morgan fingerprint density at radius 1 is 1.20 bits per heavy atom. The summed E-state index contributed by atoms with van der Waals surface area (Å²) < 4.78 is 9.22. The highest BCUT2D eigenvalue weighted by atomic mass is 32.1. The molecule has 1 atom stereocenters. The van der Waals surface area contributed by atoms with E-state index in [0.717, 1.165) is 35.0 Å². The average Bonchev–Trinajstić information content (AvgIpc) is 3.25. The molecule has 5 nitrogen and oxygen atoms in total. The second kappa shape index (κ2) is 6.29. The molecule has 1 aromatic heterocycles. The van der Waals surface area contributed by atoms with Crippen molar-refractivity contribution in [3.63, 3.8) is 0 Å². The minimum atomic E-state index is -0.0433. The zero-order valence-electron chi connectivity index (χ0n) is 14.0. The lowest BCUT2D eigenvalue weighted by molar-refractivity contribution is 0.0986. The van der Waals surface area contributed by atoms with E-state index in [0.29, 0.717) is 10.6 Å². The number of fused-ring (bicyclic) bond motifs is 1. The average molecular weight is 351 g/mol. The number of amides is 1. The number of anilines is 1. The molecule has 1 aliphatic heterocycles. The molecule has 0 aliphatic carbocycles. The fourth-order valence-corrected chi connectivity index (χ4v) is 3.88. The smallest absolute Gasteiger partial charge is 0.272 e. The van der Waals surface area contributed by atoms with Gasteiger partial charge in [0.25, 0.3) is 5.91 Å². The first-order valence-corrected chi connectivity index (χ1v) is 8.84. The second-order valence-corrected chi connectivity index (χ2v) is 6.79. The molecule has 0 saturated carbocycles. The normalized spacial score (nSPS) is 15.9. The van der Waals surface area contributed by atoms with Crippen LogP contribution < -0.4 is 9.64 Å². The highest BCUT2D eigenvalue weighted by Gasteiger charge is 2.33. The van der Waals surface area contributed by atoms with Crippen molar-refractivity contribution in [3.05, 3.63) is 59.0 Å². The molecule has 0 N–H and O–H groups in total. The maximum atomic E-state index is 13.2. The Balaban J connectivity index is 1.71. The molecule has 6 heteroatoms. The molecule has 0 spiro atoms. The molecule has 126 valence electrons. The zero-order chi connectivity index (χ0) is 17.4. The first-order valence-electron chi connectivity index (χ1n) is 8.07. The van der Waals surface area contributed by atoms with Gasteiger partial charge in [-0.3, -0.25) is 4.79 Å². The fraction of sp³-hybridized carbons (Fsp3) is 0.211. The lowest BCUT2D eigenvalue weighted by Crippen LogP contribution is -2.35. The van der Waals surface area contributed by atoms with Crippen LogP contribution >= 0.6 is 11.5 Å². The van der Waals surface area contributed by atoms with E-state index in [1.807, 2.05) is 47.4 Å². The van der Waals surface area contributed by atoms with E-state index in [1.54, 1.807) is 7.11 Å². The Labute approximate surface area is 150 Å². The SMILES string of the molecule is COc1ccc(-c2nnsc2C(=O)N2c3ccccc3C[C@H]2C)cc1. The number of carbonyl (C=O) groups is 1. The van der Waals surface area contributed by atoms with Crippen molar-refractivity contribution in [2.75, 3.05) is 12.0 Å². The van der Waals surface area contributed by atoms with Gasteiger partial charge in [0.15, 0.2) is 0 Å². The van der Waals surface area contributed by atoms with Crippen molar-refractivity contribution >= 4 is 23.1 Å². The van der Waals surface area contributed by atoms with Crippen molar-refractivity contribution < 1.29 is 9.53 Å². The van der Waals surface area contributed by atoms with E-state index in [4.69, 9.17) is 4.74 Å². The van der Waals surface area contributed by atoms with Gasteiger partial charge in [-0.2, -0.15) is 0 Å². The third kappa shape index (κ3) is 2.68. The molecule has 0 unspecified atom stereocenters. The third-order valence-electron chi connectivity index (χ3n) is 4.47. The standard InChI is InChI=1S/C19H17N3O2S/c1-12-11-14-5-3-4-6-16(14)22(12)19(23)18-17(20-21-25-18)13-7-9-15(24-2)10-8-13/h3-10,12H,11H2,1-2H3/t12-/m1/s1. The highest BCUT2D eigenvalue weighted by molar-refractivity contribution is 7.08. The Bertz CT molecular complexity index is 920. The van der Waals surface area contributed by atoms with Crippen molar-refractivity contribution in [2.24, 2.45) is 0 Å². The van der Waals surface area contributed by atoms with Crippen LogP contribution in [0, 0.1) is 0 Å². The Morgan fingerprint density at radius 2 is 1.96 bits per heavy atom. The fourth-order valence-electron chi connectivity index (χ4n) is 3.25. The lowest BCUT2D eigenvalue weighted by atomic mass is 10.1. The van der Waals surface area contributed by atoms with Crippen molar-refractivity contribution in [1.29, 1.82) is 0 Å². The predicted molar refractivity (Wildman–Crippen MR) is 98.3 cm³/mol. The van der Waals surface area contributed by atoms with Gasteiger partial charge in [0.05, 0.1) is 7.11 Å². The Hall–Kier alpha value is -2.73. The maximum absolute atomic E-state index is 13.2. The number of rotatable bonds is 3. The number of methoxy groups -OCH3 is 1. The molecule has 0 radical (unpaired) electrons. The van der Waals surface area contributed by atoms with E-state index in [9.17, 15) is 4.79 Å². The summed E-state index contributed by atoms with van der Waals surface area (Å²) in [5.74, 6) is 0.722. The van der Waals surface area contributed by atoms with Crippen molar-refractivity contribution in [2.45, 2.75) is 19.4 Å². The monoisotopic (exact) mass is 351 g/mol. The first kappa shape index (κ1) is 15.8. The summed E-state index contributed by atoms with van der Waals surface area (Å²) >= 11 is 1.14. The van der Waals surface area contributed by atoms with Gasteiger partial charge in [-0.15, -0.1) is 5.10 Å². The van der Waals surface area contributed by atoms with Crippen LogP contribution in [-0.2, 0) is 6.42 Å². The summed E-state index contributed by atoms with van der Waals surface area (Å²) in [7, 11) is 1.63. The van der Waals surface area contributed by atoms with Crippen LogP contribution in [0.25, 0.3) is 11.3 Å². The molecule has 3 aromatic rings. The van der Waals surface area contributed by atoms with E-state index in [-0.39, 0.29) is 11.9 Å². The molecule has 0 bridgehead atoms. The summed E-state index contributed by atoms with van der Waals surface area (Å²) in [4.78, 5) is 15.7. The largest absolute Gasteiger partial charge is 0.497 e. The molecule has 25 heavy (non-hydrogen) atoms. The summed E-state index contributed by atoms with van der Waals surface area (Å²) in [6.07, 6.45) is 0.867. The van der Waals surface area contributed by atoms with E-state index >= 15 is 0 Å². The van der Waals surface area contributed by atoms with E-state index in [2.05, 4.69) is 22.6 Å². The molecule has 1 amide bonds. The van der Waals surface area contributed by atoms with E-state index in [1.165, 1.54) is 5.56 Å². The lowest BCUT2D eigenvalue weighted by Gasteiger charge is -2.22. The quantitative estimate of drug-likeness (QED) is 0.720. The van der Waals surface area contributed by atoms with Crippen molar-refractivity contribution in [1.82, 2.24) is 9.59 Å². The number of hydrogen-bond acceptors (Lipinski definition) is 5. The molecule has 2 aromatic carbocycles. The number of carbonyl (C=O) groups excluding carboxylic acids is 1. The minimum Gasteiger partial charge on any atom is -0.497 e. The van der Waals surface area contributed by atoms with Gasteiger partial charge in [-0.05, 0) is 60.8 Å². The van der Waals surface area contributed by atoms with Crippen LogP contribution in [-0.4, -0.2) is 28.6 Å². The molecule has 4 rings (SSSR count). The molecule has 2 heterocycles. The topological polar surface area (TPSA) is 55.3 Å². The number of para-hydroxylation sites is 1. The second-order valence-electron chi connectivity index (χ2n) is 6.04. The highest BCUT2D eigenvalue weighted by Crippen LogP contribution is 2.35. The van der Waals surface area contributed by atoms with Crippen LogP contribution in [0.1, 0.15) is 22.2 Å². The molecule has 0 saturated heterocycles. The van der Waals surface area contributed by atoms with Gasteiger partial charge >= 0.3 is 0 Å². The number of hydrogen-bond donors (Lipinski definition) is 0. The van der Waals surface area contributed by atoms with Gasteiger partial charge < -0.3 is 9.64 Å². The summed E-state index contributed by atoms with van der Waals surface area (Å²) in [6.45, 7) is 2.07. The number of ether oxygens (including phenoxy) is 1. The summed E-state index contributed by atoms with van der Waals surface area (Å²) in [5.41, 5.74) is 3.66. The number of benzene rings is 2. The first-order chi connectivity index (χ1) is 12.2. The molecular weight excluding hydrogens is 334 g/mol. The summed E-state index contributed by atoms with van der Waals surface area (Å²) in [5, 5.41) is 4.20. The van der Waals surface area contributed by atoms with Crippen LogP contribution in [0.5, 0.6) is 5.75 Å². The number of nitrogens with zero attached hydrogens (tertiary/aromatic N) is 3. The van der Waals surface area contributed by atoms with E-state index < -0.39 is 0 Å². The molecule has 1 aliphatic rings. The number of aromatic nitrogens is 2.